The van der Waals surface area contributed by atoms with Gasteiger partial charge in [0.25, 0.3) is 0 Å². The molecule has 1 aliphatic rings. The summed E-state index contributed by atoms with van der Waals surface area (Å²) < 4.78 is 0. The zero-order valence-electron chi connectivity index (χ0n) is 11.7. The molecule has 3 nitrogen and oxygen atoms in total. The maximum atomic E-state index is 12.3. The molecular weight excluding hydrogens is 248 g/mol. The first kappa shape index (κ1) is 13.1. The molecule has 1 aliphatic heterocycles. The van der Waals surface area contributed by atoms with E-state index in [2.05, 4.69) is 41.0 Å². The highest BCUT2D eigenvalue weighted by Gasteiger charge is 2.21. The third kappa shape index (κ3) is 2.68. The minimum Gasteiger partial charge on any atom is -0.352 e. The Morgan fingerprint density at radius 1 is 1.25 bits per heavy atom. The Hall–Kier alpha value is -1.87. The van der Waals surface area contributed by atoms with Gasteiger partial charge in [0.05, 0.1) is 5.92 Å². The number of amides is 1. The molecular formula is C17H20N2O. The van der Waals surface area contributed by atoms with Crippen molar-refractivity contribution in [2.75, 3.05) is 13.1 Å². The Labute approximate surface area is 119 Å². The average Bonchev–Trinajstić information content (AvgIpc) is 2.99. The first-order chi connectivity index (χ1) is 9.74. The molecule has 0 spiro atoms. The third-order valence-electron chi connectivity index (χ3n) is 4.07. The van der Waals surface area contributed by atoms with Gasteiger partial charge in [-0.25, -0.2) is 0 Å². The average molecular weight is 268 g/mol. The second kappa shape index (κ2) is 5.63. The second-order valence-electron chi connectivity index (χ2n) is 5.53. The third-order valence-corrected chi connectivity index (χ3v) is 4.07. The number of carbonyl (C=O) groups is 1. The summed E-state index contributed by atoms with van der Waals surface area (Å²) >= 11 is 0. The van der Waals surface area contributed by atoms with Gasteiger partial charge in [0.15, 0.2) is 0 Å². The van der Waals surface area contributed by atoms with Crippen molar-refractivity contribution < 1.29 is 4.79 Å². The molecule has 0 radical (unpaired) electrons. The molecule has 2 aromatic carbocycles. The van der Waals surface area contributed by atoms with Crippen LogP contribution in [-0.4, -0.2) is 25.0 Å². The molecule has 104 valence electrons. The molecule has 2 unspecified atom stereocenters. The van der Waals surface area contributed by atoms with Gasteiger partial charge in [0.1, 0.15) is 0 Å². The molecule has 20 heavy (non-hydrogen) atoms. The molecule has 3 heteroatoms. The molecule has 1 heterocycles. The molecule has 2 atom stereocenters. The first-order valence-electron chi connectivity index (χ1n) is 7.24. The molecule has 0 bridgehead atoms. The van der Waals surface area contributed by atoms with E-state index in [4.69, 9.17) is 0 Å². The molecule has 1 amide bonds. The molecule has 2 N–H and O–H groups in total. The quantitative estimate of drug-likeness (QED) is 0.897. The molecule has 1 saturated heterocycles. The minimum atomic E-state index is -0.111. The van der Waals surface area contributed by atoms with Crippen molar-refractivity contribution in [2.24, 2.45) is 0 Å². The number of rotatable bonds is 3. The van der Waals surface area contributed by atoms with E-state index >= 15 is 0 Å². The molecule has 0 aliphatic carbocycles. The largest absolute Gasteiger partial charge is 0.352 e. The highest BCUT2D eigenvalue weighted by molar-refractivity contribution is 5.87. The summed E-state index contributed by atoms with van der Waals surface area (Å²) in [6.07, 6.45) is 1.02. The van der Waals surface area contributed by atoms with Crippen LogP contribution < -0.4 is 10.6 Å². The lowest BCUT2D eigenvalue weighted by atomic mass is 9.97. The number of hydrogen-bond acceptors (Lipinski definition) is 2. The van der Waals surface area contributed by atoms with Crippen LogP contribution in [0.4, 0.5) is 0 Å². The van der Waals surface area contributed by atoms with Crippen molar-refractivity contribution in [1.29, 1.82) is 0 Å². The van der Waals surface area contributed by atoms with E-state index in [1.54, 1.807) is 0 Å². The summed E-state index contributed by atoms with van der Waals surface area (Å²) in [5.41, 5.74) is 1.08. The maximum Gasteiger partial charge on any atom is 0.227 e. The number of fused-ring (bicyclic) bond motifs is 1. The Morgan fingerprint density at radius 3 is 2.80 bits per heavy atom. The van der Waals surface area contributed by atoms with Gasteiger partial charge < -0.3 is 10.6 Å². The normalized spacial score (nSPS) is 19.9. The van der Waals surface area contributed by atoms with E-state index in [1.807, 2.05) is 19.1 Å². The van der Waals surface area contributed by atoms with Crippen LogP contribution >= 0.6 is 0 Å². The van der Waals surface area contributed by atoms with Crippen molar-refractivity contribution in [1.82, 2.24) is 10.6 Å². The minimum absolute atomic E-state index is 0.111. The Bertz CT molecular complexity index is 617. The predicted molar refractivity (Wildman–Crippen MR) is 81.8 cm³/mol. The van der Waals surface area contributed by atoms with Gasteiger partial charge in [-0.3, -0.25) is 4.79 Å². The van der Waals surface area contributed by atoms with Gasteiger partial charge in [-0.1, -0.05) is 42.5 Å². The summed E-state index contributed by atoms with van der Waals surface area (Å²) in [7, 11) is 0. The highest BCUT2D eigenvalue weighted by atomic mass is 16.1. The fraction of sp³-hybridized carbons (Fsp3) is 0.353. The zero-order valence-corrected chi connectivity index (χ0v) is 11.7. The van der Waals surface area contributed by atoms with Crippen LogP contribution in [0.15, 0.2) is 42.5 Å². The fourth-order valence-electron chi connectivity index (χ4n) is 2.73. The molecule has 1 fully saturated rings. The van der Waals surface area contributed by atoms with E-state index in [1.165, 1.54) is 10.8 Å². The SMILES string of the molecule is CC(C(=O)NC1CCNC1)c1ccc2ccccc2c1. The summed E-state index contributed by atoms with van der Waals surface area (Å²) in [5, 5.41) is 8.79. The van der Waals surface area contributed by atoms with Crippen molar-refractivity contribution in [2.45, 2.75) is 25.3 Å². The van der Waals surface area contributed by atoms with E-state index in [0.29, 0.717) is 0 Å². The van der Waals surface area contributed by atoms with Crippen LogP contribution in [-0.2, 0) is 4.79 Å². The van der Waals surface area contributed by atoms with Crippen LogP contribution in [0.2, 0.25) is 0 Å². The summed E-state index contributed by atoms with van der Waals surface area (Å²) in [6.45, 7) is 3.85. The number of hydrogen-bond donors (Lipinski definition) is 2. The van der Waals surface area contributed by atoms with Crippen LogP contribution in [0.3, 0.4) is 0 Å². The number of nitrogens with one attached hydrogen (secondary N) is 2. The topological polar surface area (TPSA) is 41.1 Å². The van der Waals surface area contributed by atoms with E-state index < -0.39 is 0 Å². The lowest BCUT2D eigenvalue weighted by Gasteiger charge is -2.17. The van der Waals surface area contributed by atoms with Crippen LogP contribution in [0.25, 0.3) is 10.8 Å². The lowest BCUT2D eigenvalue weighted by molar-refractivity contribution is -0.122. The van der Waals surface area contributed by atoms with E-state index in [0.717, 1.165) is 25.1 Å². The van der Waals surface area contributed by atoms with E-state index in [-0.39, 0.29) is 17.9 Å². The van der Waals surface area contributed by atoms with Crippen molar-refractivity contribution in [3.05, 3.63) is 48.0 Å². The smallest absolute Gasteiger partial charge is 0.227 e. The summed E-state index contributed by atoms with van der Waals surface area (Å²) in [6, 6.07) is 14.8. The van der Waals surface area contributed by atoms with Gasteiger partial charge in [0.2, 0.25) is 5.91 Å². The zero-order chi connectivity index (χ0) is 13.9. The summed E-state index contributed by atoms with van der Waals surface area (Å²) in [4.78, 5) is 12.3. The Morgan fingerprint density at radius 2 is 2.05 bits per heavy atom. The van der Waals surface area contributed by atoms with Gasteiger partial charge in [-0.15, -0.1) is 0 Å². The highest BCUT2D eigenvalue weighted by Crippen LogP contribution is 2.22. The second-order valence-corrected chi connectivity index (χ2v) is 5.53. The van der Waals surface area contributed by atoms with E-state index in [9.17, 15) is 4.79 Å². The Kier molecular flexibility index (Phi) is 3.70. The van der Waals surface area contributed by atoms with Gasteiger partial charge in [0, 0.05) is 12.6 Å². The van der Waals surface area contributed by atoms with Crippen molar-refractivity contribution in [3.63, 3.8) is 0 Å². The standard InChI is InChI=1S/C17H20N2O/c1-12(17(20)19-16-8-9-18-11-16)14-7-6-13-4-2-3-5-15(13)10-14/h2-7,10,12,16,18H,8-9,11H2,1H3,(H,19,20). The first-order valence-corrected chi connectivity index (χ1v) is 7.24. The van der Waals surface area contributed by atoms with Crippen LogP contribution in [0, 0.1) is 0 Å². The van der Waals surface area contributed by atoms with Crippen LogP contribution in [0.1, 0.15) is 24.8 Å². The monoisotopic (exact) mass is 268 g/mol. The molecule has 0 aromatic heterocycles. The lowest BCUT2D eigenvalue weighted by Crippen LogP contribution is -2.38. The van der Waals surface area contributed by atoms with Crippen LogP contribution in [0.5, 0.6) is 0 Å². The van der Waals surface area contributed by atoms with Gasteiger partial charge in [-0.2, -0.15) is 0 Å². The van der Waals surface area contributed by atoms with Crippen molar-refractivity contribution >= 4 is 16.7 Å². The van der Waals surface area contributed by atoms with Crippen molar-refractivity contribution in [3.8, 4) is 0 Å². The maximum absolute atomic E-state index is 12.3. The Balaban J connectivity index is 1.76. The summed E-state index contributed by atoms with van der Waals surface area (Å²) in [5.74, 6) is 0.00851. The fourth-order valence-corrected chi connectivity index (χ4v) is 2.73. The molecule has 0 saturated carbocycles. The van der Waals surface area contributed by atoms with Gasteiger partial charge >= 0.3 is 0 Å². The number of carbonyl (C=O) groups excluding carboxylic acids is 1. The molecule has 2 aromatic rings. The van der Waals surface area contributed by atoms with Gasteiger partial charge in [-0.05, 0) is 36.2 Å². The number of benzene rings is 2. The molecule has 3 rings (SSSR count). The predicted octanol–water partition coefficient (Wildman–Crippen LogP) is 2.42.